The van der Waals surface area contributed by atoms with Gasteiger partial charge in [-0.25, -0.2) is 0 Å². The van der Waals surface area contributed by atoms with Crippen molar-refractivity contribution in [1.29, 1.82) is 0 Å². The average Bonchev–Trinajstić information content (AvgIpc) is 3.10. The van der Waals surface area contributed by atoms with Crippen LogP contribution in [-0.4, -0.2) is 32.5 Å². The number of rotatable bonds is 4. The lowest BCUT2D eigenvalue weighted by Crippen LogP contribution is -2.43. The van der Waals surface area contributed by atoms with Crippen LogP contribution in [0.2, 0.25) is 0 Å². The van der Waals surface area contributed by atoms with E-state index in [4.69, 9.17) is 9.47 Å². The van der Waals surface area contributed by atoms with Crippen LogP contribution in [0.5, 0.6) is 0 Å². The Labute approximate surface area is 125 Å². The van der Waals surface area contributed by atoms with Crippen LogP contribution in [0.25, 0.3) is 0 Å². The van der Waals surface area contributed by atoms with Gasteiger partial charge in [0, 0.05) is 30.6 Å². The standard InChI is InChI=1S/C16H25NO2S/c1-3-12-5-9-20-15(12)14(17-2)13-4-7-19-16(10-13)6-8-18-11-16/h5,9,13-14,17H,3-4,6-8,10-11H2,1-2H3. The molecule has 1 spiro atoms. The zero-order valence-corrected chi connectivity index (χ0v) is 13.3. The fourth-order valence-corrected chi connectivity index (χ4v) is 4.91. The topological polar surface area (TPSA) is 30.5 Å². The summed E-state index contributed by atoms with van der Waals surface area (Å²) in [6.07, 6.45) is 4.45. The lowest BCUT2D eigenvalue weighted by Gasteiger charge is -2.40. The molecule has 0 bridgehead atoms. The molecule has 3 heterocycles. The van der Waals surface area contributed by atoms with Gasteiger partial charge in [-0.2, -0.15) is 0 Å². The van der Waals surface area contributed by atoms with E-state index in [2.05, 4.69) is 30.7 Å². The summed E-state index contributed by atoms with van der Waals surface area (Å²) in [4.78, 5) is 1.52. The van der Waals surface area contributed by atoms with E-state index in [1.54, 1.807) is 0 Å². The van der Waals surface area contributed by atoms with Gasteiger partial charge in [-0.1, -0.05) is 6.92 Å². The van der Waals surface area contributed by atoms with E-state index in [0.29, 0.717) is 12.0 Å². The maximum atomic E-state index is 6.08. The van der Waals surface area contributed by atoms with Gasteiger partial charge in [0.25, 0.3) is 0 Å². The Morgan fingerprint density at radius 1 is 1.50 bits per heavy atom. The highest BCUT2D eigenvalue weighted by atomic mass is 32.1. The molecule has 0 aromatic carbocycles. The zero-order valence-electron chi connectivity index (χ0n) is 12.5. The van der Waals surface area contributed by atoms with E-state index in [1.165, 1.54) is 10.4 Å². The van der Waals surface area contributed by atoms with Crippen LogP contribution in [-0.2, 0) is 15.9 Å². The third kappa shape index (κ3) is 2.67. The van der Waals surface area contributed by atoms with Crippen molar-refractivity contribution in [3.05, 3.63) is 21.9 Å². The second-order valence-corrected chi connectivity index (χ2v) is 6.96. The van der Waals surface area contributed by atoms with Crippen LogP contribution in [0.1, 0.15) is 42.7 Å². The first-order chi connectivity index (χ1) is 9.78. The van der Waals surface area contributed by atoms with Crippen molar-refractivity contribution in [3.8, 4) is 0 Å². The minimum Gasteiger partial charge on any atom is -0.378 e. The van der Waals surface area contributed by atoms with Gasteiger partial charge in [0.2, 0.25) is 0 Å². The maximum absolute atomic E-state index is 6.08. The van der Waals surface area contributed by atoms with E-state index in [9.17, 15) is 0 Å². The van der Waals surface area contributed by atoms with Gasteiger partial charge < -0.3 is 14.8 Å². The van der Waals surface area contributed by atoms with Crippen molar-refractivity contribution >= 4 is 11.3 Å². The molecule has 1 N–H and O–H groups in total. The van der Waals surface area contributed by atoms with E-state index in [1.807, 2.05) is 11.3 Å². The minimum absolute atomic E-state index is 0.00164. The fraction of sp³-hybridized carbons (Fsp3) is 0.750. The molecule has 2 saturated heterocycles. The quantitative estimate of drug-likeness (QED) is 0.925. The van der Waals surface area contributed by atoms with Gasteiger partial charge in [0.15, 0.2) is 0 Å². The Morgan fingerprint density at radius 3 is 3.10 bits per heavy atom. The summed E-state index contributed by atoms with van der Waals surface area (Å²) >= 11 is 1.90. The van der Waals surface area contributed by atoms with E-state index >= 15 is 0 Å². The van der Waals surface area contributed by atoms with E-state index in [0.717, 1.165) is 45.5 Å². The Morgan fingerprint density at radius 2 is 2.40 bits per heavy atom. The SMILES string of the molecule is CCc1ccsc1C(NC)C1CCOC2(CCOC2)C1. The number of aryl methyl sites for hydroxylation is 1. The van der Waals surface area contributed by atoms with Gasteiger partial charge in [-0.3, -0.25) is 0 Å². The smallest absolute Gasteiger partial charge is 0.0940 e. The Kier molecular flexibility index (Phi) is 4.46. The third-order valence-electron chi connectivity index (χ3n) is 4.82. The fourth-order valence-electron chi connectivity index (χ4n) is 3.71. The van der Waals surface area contributed by atoms with Crippen LogP contribution in [0, 0.1) is 5.92 Å². The molecule has 2 aliphatic heterocycles. The van der Waals surface area contributed by atoms with Gasteiger partial charge in [0.05, 0.1) is 12.2 Å². The number of nitrogens with one attached hydrogen (secondary N) is 1. The highest BCUT2D eigenvalue weighted by Crippen LogP contribution is 2.42. The van der Waals surface area contributed by atoms with Gasteiger partial charge in [0.1, 0.15) is 0 Å². The Bertz CT molecular complexity index is 439. The lowest BCUT2D eigenvalue weighted by molar-refractivity contribution is -0.103. The Hall–Kier alpha value is -0.420. The van der Waals surface area contributed by atoms with Crippen molar-refractivity contribution in [2.24, 2.45) is 5.92 Å². The summed E-state index contributed by atoms with van der Waals surface area (Å²) in [7, 11) is 2.09. The molecule has 3 nitrogen and oxygen atoms in total. The van der Waals surface area contributed by atoms with Crippen molar-refractivity contribution in [3.63, 3.8) is 0 Å². The van der Waals surface area contributed by atoms with Crippen molar-refractivity contribution in [1.82, 2.24) is 5.32 Å². The van der Waals surface area contributed by atoms with Gasteiger partial charge >= 0.3 is 0 Å². The van der Waals surface area contributed by atoms with Crippen molar-refractivity contribution in [2.75, 3.05) is 26.9 Å². The molecule has 0 radical (unpaired) electrons. The van der Waals surface area contributed by atoms with Crippen LogP contribution in [0.15, 0.2) is 11.4 Å². The monoisotopic (exact) mass is 295 g/mol. The predicted molar refractivity (Wildman–Crippen MR) is 82.3 cm³/mol. The Balaban J connectivity index is 1.78. The molecule has 3 rings (SSSR count). The highest BCUT2D eigenvalue weighted by molar-refractivity contribution is 7.10. The van der Waals surface area contributed by atoms with Crippen molar-refractivity contribution < 1.29 is 9.47 Å². The van der Waals surface area contributed by atoms with E-state index < -0.39 is 0 Å². The average molecular weight is 295 g/mol. The molecule has 2 fully saturated rings. The first-order valence-corrected chi connectivity index (χ1v) is 8.61. The largest absolute Gasteiger partial charge is 0.378 e. The predicted octanol–water partition coefficient (Wildman–Crippen LogP) is 3.16. The van der Waals surface area contributed by atoms with Crippen molar-refractivity contribution in [2.45, 2.75) is 44.2 Å². The summed E-state index contributed by atoms with van der Waals surface area (Å²) in [6.45, 7) is 4.76. The lowest BCUT2D eigenvalue weighted by atomic mass is 9.80. The molecule has 0 saturated carbocycles. The summed E-state index contributed by atoms with van der Waals surface area (Å²) in [5.74, 6) is 0.652. The van der Waals surface area contributed by atoms with Crippen LogP contribution < -0.4 is 5.32 Å². The molecule has 3 unspecified atom stereocenters. The minimum atomic E-state index is 0.00164. The molecule has 1 aromatic rings. The summed E-state index contributed by atoms with van der Waals surface area (Å²) in [5, 5.41) is 5.80. The third-order valence-corrected chi connectivity index (χ3v) is 5.87. The molecule has 2 aliphatic rings. The zero-order chi connectivity index (χ0) is 14.0. The maximum Gasteiger partial charge on any atom is 0.0940 e. The van der Waals surface area contributed by atoms with Crippen LogP contribution in [0.3, 0.4) is 0 Å². The van der Waals surface area contributed by atoms with Gasteiger partial charge in [-0.05, 0) is 49.2 Å². The number of hydrogen-bond donors (Lipinski definition) is 1. The molecule has 0 aliphatic carbocycles. The molecule has 3 atom stereocenters. The molecule has 1 aromatic heterocycles. The highest BCUT2D eigenvalue weighted by Gasteiger charge is 2.43. The molecular weight excluding hydrogens is 270 g/mol. The molecule has 20 heavy (non-hydrogen) atoms. The molecule has 112 valence electrons. The van der Waals surface area contributed by atoms with Gasteiger partial charge in [-0.15, -0.1) is 11.3 Å². The van der Waals surface area contributed by atoms with Crippen LogP contribution in [0.4, 0.5) is 0 Å². The number of hydrogen-bond acceptors (Lipinski definition) is 4. The van der Waals surface area contributed by atoms with Crippen LogP contribution >= 0.6 is 11.3 Å². The second-order valence-electron chi connectivity index (χ2n) is 6.02. The summed E-state index contributed by atoms with van der Waals surface area (Å²) < 4.78 is 11.7. The number of ether oxygens (including phenoxy) is 2. The second kappa shape index (κ2) is 6.14. The summed E-state index contributed by atoms with van der Waals surface area (Å²) in [5.41, 5.74) is 1.50. The number of thiophene rings is 1. The molecule has 4 heteroatoms. The summed E-state index contributed by atoms with van der Waals surface area (Å²) in [6, 6.07) is 2.74. The normalized spacial score (nSPS) is 31.8. The van der Waals surface area contributed by atoms with E-state index in [-0.39, 0.29) is 5.60 Å². The molecular formula is C16H25NO2S. The first-order valence-electron chi connectivity index (χ1n) is 7.73. The molecule has 0 amide bonds. The first kappa shape index (κ1) is 14.5.